The van der Waals surface area contributed by atoms with Crippen molar-refractivity contribution in [3.8, 4) is 0 Å². The lowest BCUT2D eigenvalue weighted by molar-refractivity contribution is 0.263. The molecule has 1 aliphatic rings. The molecule has 82 valence electrons. The summed E-state index contributed by atoms with van der Waals surface area (Å²) in [6, 6.07) is 7.37. The first-order valence-electron chi connectivity index (χ1n) is 5.81. The summed E-state index contributed by atoms with van der Waals surface area (Å²) < 4.78 is 0. The first-order valence-corrected chi connectivity index (χ1v) is 5.81. The minimum absolute atomic E-state index is 0.296. The van der Waals surface area contributed by atoms with Crippen molar-refractivity contribution in [3.05, 3.63) is 34.9 Å². The van der Waals surface area contributed by atoms with E-state index in [2.05, 4.69) is 51.2 Å². The minimum atomic E-state index is 0.296. The van der Waals surface area contributed by atoms with Crippen LogP contribution in [0.2, 0.25) is 0 Å². The zero-order chi connectivity index (χ0) is 11.1. The summed E-state index contributed by atoms with van der Waals surface area (Å²) in [6.07, 6.45) is 1.17. The van der Waals surface area contributed by atoms with Crippen molar-refractivity contribution in [2.24, 2.45) is 5.41 Å². The fourth-order valence-corrected chi connectivity index (χ4v) is 2.47. The van der Waals surface area contributed by atoms with Gasteiger partial charge < -0.3 is 5.32 Å². The van der Waals surface area contributed by atoms with Gasteiger partial charge in [0.25, 0.3) is 0 Å². The molecule has 0 amide bonds. The molecule has 1 heterocycles. The molecule has 1 aliphatic heterocycles. The van der Waals surface area contributed by atoms with E-state index in [1.165, 1.54) is 23.1 Å². The van der Waals surface area contributed by atoms with Crippen molar-refractivity contribution in [1.82, 2.24) is 5.32 Å². The highest BCUT2D eigenvalue weighted by Gasteiger charge is 2.29. The van der Waals surface area contributed by atoms with Gasteiger partial charge in [-0.3, -0.25) is 0 Å². The maximum Gasteiger partial charge on any atom is 0.0372 e. The molecule has 0 aromatic heterocycles. The Bertz CT molecular complexity index is 360. The maximum atomic E-state index is 3.63. The molecule has 0 spiro atoms. The van der Waals surface area contributed by atoms with Crippen LogP contribution in [-0.4, -0.2) is 6.54 Å². The third-order valence-corrected chi connectivity index (χ3v) is 3.22. The minimum Gasteiger partial charge on any atom is -0.309 e. The molecular weight excluding hydrogens is 182 g/mol. The number of fused-ring (bicyclic) bond motifs is 1. The number of nitrogens with one attached hydrogen (secondary N) is 1. The molecule has 15 heavy (non-hydrogen) atoms. The van der Waals surface area contributed by atoms with Gasteiger partial charge in [-0.2, -0.15) is 0 Å². The van der Waals surface area contributed by atoms with E-state index >= 15 is 0 Å². The topological polar surface area (TPSA) is 12.0 Å². The van der Waals surface area contributed by atoms with Gasteiger partial charge in [-0.05, 0) is 36.4 Å². The lowest BCUT2D eigenvalue weighted by atomic mass is 9.78. The molecule has 0 saturated carbocycles. The molecule has 0 unspecified atom stereocenters. The highest BCUT2D eigenvalue weighted by Crippen LogP contribution is 2.36. The van der Waals surface area contributed by atoms with Crippen LogP contribution >= 0.6 is 0 Å². The van der Waals surface area contributed by atoms with Gasteiger partial charge in [0.15, 0.2) is 0 Å². The molecule has 0 bridgehead atoms. The van der Waals surface area contributed by atoms with E-state index in [1.54, 1.807) is 0 Å². The van der Waals surface area contributed by atoms with E-state index in [1.807, 2.05) is 0 Å². The van der Waals surface area contributed by atoms with E-state index in [9.17, 15) is 0 Å². The molecule has 1 N–H and O–H groups in total. The fourth-order valence-electron chi connectivity index (χ4n) is 2.47. The Morgan fingerprint density at radius 3 is 2.67 bits per heavy atom. The van der Waals surface area contributed by atoms with Gasteiger partial charge in [-0.1, -0.05) is 44.5 Å². The molecule has 0 saturated heterocycles. The Morgan fingerprint density at radius 1 is 1.27 bits per heavy atom. The monoisotopic (exact) mass is 203 g/mol. The molecule has 0 aliphatic carbocycles. The average Bonchev–Trinajstić information content (AvgIpc) is 2.15. The number of rotatable bonds is 0. The van der Waals surface area contributed by atoms with Crippen LogP contribution in [0.15, 0.2) is 18.2 Å². The molecule has 0 fully saturated rings. The Kier molecular flexibility index (Phi) is 2.59. The third kappa shape index (κ3) is 2.07. The van der Waals surface area contributed by atoms with Crippen LogP contribution in [0.4, 0.5) is 0 Å². The molecule has 2 rings (SSSR count). The van der Waals surface area contributed by atoms with Gasteiger partial charge in [0.05, 0.1) is 0 Å². The summed E-state index contributed by atoms with van der Waals surface area (Å²) in [5.74, 6) is 0. The molecule has 0 radical (unpaired) electrons. The first kappa shape index (κ1) is 10.7. The quantitative estimate of drug-likeness (QED) is 0.682. The van der Waals surface area contributed by atoms with Crippen molar-refractivity contribution in [2.75, 3.05) is 6.54 Å². The van der Waals surface area contributed by atoms with Gasteiger partial charge in [-0.15, -0.1) is 0 Å². The van der Waals surface area contributed by atoms with E-state index in [0.29, 0.717) is 11.5 Å². The largest absolute Gasteiger partial charge is 0.309 e. The lowest BCUT2D eigenvalue weighted by Gasteiger charge is -2.36. The van der Waals surface area contributed by atoms with Crippen LogP contribution in [0.1, 0.15) is 43.5 Å². The molecule has 1 aromatic carbocycles. The molecule has 1 aromatic rings. The SMILES string of the molecule is Cc1ccc2c(c1)CCN[C@H]2C(C)(C)C. The summed E-state index contributed by atoms with van der Waals surface area (Å²) in [5.41, 5.74) is 4.71. The second-order valence-electron chi connectivity index (χ2n) is 5.71. The number of hydrogen-bond acceptors (Lipinski definition) is 1. The molecular formula is C14H21N. The van der Waals surface area contributed by atoms with Crippen LogP contribution in [0.25, 0.3) is 0 Å². The Balaban J connectivity index is 2.43. The summed E-state index contributed by atoms with van der Waals surface area (Å²) in [4.78, 5) is 0. The zero-order valence-corrected chi connectivity index (χ0v) is 10.2. The highest BCUT2D eigenvalue weighted by atomic mass is 14.9. The van der Waals surface area contributed by atoms with E-state index in [4.69, 9.17) is 0 Å². The van der Waals surface area contributed by atoms with Gasteiger partial charge >= 0.3 is 0 Å². The Morgan fingerprint density at radius 2 is 2.00 bits per heavy atom. The third-order valence-electron chi connectivity index (χ3n) is 3.22. The van der Waals surface area contributed by atoms with Crippen LogP contribution in [-0.2, 0) is 6.42 Å². The average molecular weight is 203 g/mol. The van der Waals surface area contributed by atoms with Gasteiger partial charge in [0.1, 0.15) is 0 Å². The Hall–Kier alpha value is -0.820. The Labute approximate surface area is 92.9 Å². The van der Waals surface area contributed by atoms with E-state index in [-0.39, 0.29) is 0 Å². The molecule has 1 heteroatoms. The van der Waals surface area contributed by atoms with Gasteiger partial charge in [0.2, 0.25) is 0 Å². The van der Waals surface area contributed by atoms with Crippen molar-refractivity contribution < 1.29 is 0 Å². The van der Waals surface area contributed by atoms with Gasteiger partial charge in [0, 0.05) is 6.04 Å². The highest BCUT2D eigenvalue weighted by molar-refractivity contribution is 5.36. The summed E-state index contributed by atoms with van der Waals surface area (Å²) >= 11 is 0. The summed E-state index contributed by atoms with van der Waals surface area (Å²) in [5, 5.41) is 3.63. The van der Waals surface area contributed by atoms with E-state index < -0.39 is 0 Å². The predicted octanol–water partition coefficient (Wildman–Crippen LogP) is 3.23. The van der Waals surface area contributed by atoms with Crippen LogP contribution in [0.3, 0.4) is 0 Å². The molecule has 1 atom stereocenters. The van der Waals surface area contributed by atoms with E-state index in [0.717, 1.165) is 6.54 Å². The first-order chi connectivity index (χ1) is 6.98. The second kappa shape index (κ2) is 3.64. The maximum absolute atomic E-state index is 3.63. The number of aryl methyl sites for hydroxylation is 1. The van der Waals surface area contributed by atoms with Crippen LogP contribution in [0, 0.1) is 12.3 Å². The second-order valence-corrected chi connectivity index (χ2v) is 5.71. The standard InChI is InChI=1S/C14H21N/c1-10-5-6-12-11(9-10)7-8-15-13(12)14(2,3)4/h5-6,9,13,15H,7-8H2,1-4H3/t13-/m1/s1. The normalized spacial score (nSPS) is 21.2. The zero-order valence-electron chi connectivity index (χ0n) is 10.2. The van der Waals surface area contributed by atoms with Crippen molar-refractivity contribution >= 4 is 0 Å². The fraction of sp³-hybridized carbons (Fsp3) is 0.571. The smallest absolute Gasteiger partial charge is 0.0372 e. The van der Waals surface area contributed by atoms with Gasteiger partial charge in [-0.25, -0.2) is 0 Å². The summed E-state index contributed by atoms with van der Waals surface area (Å²) in [7, 11) is 0. The predicted molar refractivity (Wildman–Crippen MR) is 65.1 cm³/mol. The van der Waals surface area contributed by atoms with Crippen molar-refractivity contribution in [2.45, 2.75) is 40.2 Å². The van der Waals surface area contributed by atoms with Crippen LogP contribution in [0.5, 0.6) is 0 Å². The number of hydrogen-bond donors (Lipinski definition) is 1. The number of benzene rings is 1. The molecule has 1 nitrogen and oxygen atoms in total. The lowest BCUT2D eigenvalue weighted by Crippen LogP contribution is -2.37. The van der Waals surface area contributed by atoms with Crippen molar-refractivity contribution in [1.29, 1.82) is 0 Å². The van der Waals surface area contributed by atoms with Crippen molar-refractivity contribution in [3.63, 3.8) is 0 Å². The summed E-state index contributed by atoms with van der Waals surface area (Å²) in [6.45, 7) is 10.2. The van der Waals surface area contributed by atoms with Crippen LogP contribution < -0.4 is 5.32 Å².